The molecule has 112 valence electrons. The maximum atomic E-state index is 12.9. The van der Waals surface area contributed by atoms with Crippen LogP contribution in [0.25, 0.3) is 0 Å². The molecule has 0 saturated carbocycles. The van der Waals surface area contributed by atoms with Crippen molar-refractivity contribution < 1.29 is 23.1 Å². The van der Waals surface area contributed by atoms with E-state index in [9.17, 15) is 18.0 Å². The highest BCUT2D eigenvalue weighted by Crippen LogP contribution is 2.40. The predicted molar refractivity (Wildman–Crippen MR) is 72.6 cm³/mol. The second-order valence-corrected chi connectivity index (χ2v) is 5.99. The standard InChI is InChI=1S/C14H12F3NO2S/c1-13(2,8-6-4-3-5-7-8)12-18-10(14(15,16)17)9(21-12)11(19)20/h3-7H,1-2H3,(H,19,20). The van der Waals surface area contributed by atoms with Crippen LogP contribution in [0.5, 0.6) is 0 Å². The van der Waals surface area contributed by atoms with Crippen molar-refractivity contribution in [3.8, 4) is 0 Å². The SMILES string of the molecule is CC(C)(c1ccccc1)c1nc(C(F)(F)F)c(C(=O)O)s1. The van der Waals surface area contributed by atoms with Crippen molar-refractivity contribution in [2.24, 2.45) is 0 Å². The molecule has 0 spiro atoms. The first-order valence-electron chi connectivity index (χ1n) is 6.01. The molecule has 0 atom stereocenters. The molecule has 0 aliphatic heterocycles. The number of halogens is 3. The van der Waals surface area contributed by atoms with Gasteiger partial charge in [0, 0.05) is 5.41 Å². The van der Waals surface area contributed by atoms with E-state index in [1.807, 2.05) is 0 Å². The Kier molecular flexibility index (Phi) is 3.79. The van der Waals surface area contributed by atoms with Gasteiger partial charge < -0.3 is 5.11 Å². The predicted octanol–water partition coefficient (Wildman–Crippen LogP) is 4.19. The highest BCUT2D eigenvalue weighted by atomic mass is 32.1. The van der Waals surface area contributed by atoms with E-state index in [1.165, 1.54) is 0 Å². The summed E-state index contributed by atoms with van der Waals surface area (Å²) in [5, 5.41) is 9.07. The first kappa shape index (κ1) is 15.5. The van der Waals surface area contributed by atoms with Gasteiger partial charge in [-0.1, -0.05) is 30.3 Å². The summed E-state index contributed by atoms with van der Waals surface area (Å²) in [6, 6.07) is 8.89. The van der Waals surface area contributed by atoms with Crippen molar-refractivity contribution in [2.75, 3.05) is 0 Å². The van der Waals surface area contributed by atoms with Gasteiger partial charge in [0.25, 0.3) is 0 Å². The van der Waals surface area contributed by atoms with Gasteiger partial charge in [0.2, 0.25) is 0 Å². The van der Waals surface area contributed by atoms with E-state index in [0.717, 1.165) is 5.56 Å². The fourth-order valence-corrected chi connectivity index (χ4v) is 2.95. The number of carboxylic acids is 1. The molecule has 0 amide bonds. The second-order valence-electron chi connectivity index (χ2n) is 4.99. The number of benzene rings is 1. The molecule has 21 heavy (non-hydrogen) atoms. The topological polar surface area (TPSA) is 50.2 Å². The number of carboxylic acid groups (broad SMARTS) is 1. The van der Waals surface area contributed by atoms with Crippen LogP contribution in [-0.4, -0.2) is 16.1 Å². The Bertz CT molecular complexity index is 663. The number of thiazole rings is 1. The van der Waals surface area contributed by atoms with E-state index in [0.29, 0.717) is 11.3 Å². The molecule has 2 aromatic rings. The summed E-state index contributed by atoms with van der Waals surface area (Å²) in [6.07, 6.45) is -4.78. The van der Waals surface area contributed by atoms with Crippen molar-refractivity contribution in [3.05, 3.63) is 51.5 Å². The van der Waals surface area contributed by atoms with E-state index >= 15 is 0 Å². The lowest BCUT2D eigenvalue weighted by Crippen LogP contribution is -2.19. The number of aromatic nitrogens is 1. The fourth-order valence-electron chi connectivity index (χ4n) is 1.90. The summed E-state index contributed by atoms with van der Waals surface area (Å²) in [7, 11) is 0. The number of alkyl halides is 3. The van der Waals surface area contributed by atoms with E-state index in [-0.39, 0.29) is 5.01 Å². The molecule has 0 fully saturated rings. The van der Waals surface area contributed by atoms with E-state index < -0.39 is 28.1 Å². The minimum atomic E-state index is -4.78. The fraction of sp³-hybridized carbons (Fsp3) is 0.286. The number of aromatic carboxylic acids is 1. The number of nitrogens with zero attached hydrogens (tertiary/aromatic N) is 1. The molecule has 0 unspecified atom stereocenters. The Morgan fingerprint density at radius 3 is 2.19 bits per heavy atom. The highest BCUT2D eigenvalue weighted by molar-refractivity contribution is 7.13. The maximum absolute atomic E-state index is 12.9. The monoisotopic (exact) mass is 315 g/mol. The Labute approximate surface area is 123 Å². The summed E-state index contributed by atoms with van der Waals surface area (Å²) in [5.41, 5.74) is -1.37. The van der Waals surface area contributed by atoms with Crippen LogP contribution >= 0.6 is 11.3 Å². The van der Waals surface area contributed by atoms with Gasteiger partial charge in [-0.3, -0.25) is 0 Å². The third-order valence-corrected chi connectivity index (χ3v) is 4.49. The lowest BCUT2D eigenvalue weighted by Gasteiger charge is -2.22. The third-order valence-electron chi connectivity index (χ3n) is 3.12. The van der Waals surface area contributed by atoms with Crippen molar-refractivity contribution in [3.63, 3.8) is 0 Å². The lowest BCUT2D eigenvalue weighted by molar-refractivity contribution is -0.141. The minimum Gasteiger partial charge on any atom is -0.477 e. The first-order valence-corrected chi connectivity index (χ1v) is 6.83. The number of carbonyl (C=O) groups is 1. The Morgan fingerprint density at radius 1 is 1.19 bits per heavy atom. The van der Waals surface area contributed by atoms with E-state index in [1.54, 1.807) is 44.2 Å². The minimum absolute atomic E-state index is 0.124. The molecule has 1 aromatic carbocycles. The molecule has 1 aromatic heterocycles. The van der Waals surface area contributed by atoms with Gasteiger partial charge in [-0.2, -0.15) is 13.2 Å². The highest BCUT2D eigenvalue weighted by Gasteiger charge is 2.41. The van der Waals surface area contributed by atoms with Gasteiger partial charge in [0.05, 0.1) is 0 Å². The molecule has 0 saturated heterocycles. The van der Waals surface area contributed by atoms with Crippen LogP contribution in [0.2, 0.25) is 0 Å². The zero-order valence-corrected chi connectivity index (χ0v) is 12.0. The first-order chi connectivity index (χ1) is 9.64. The summed E-state index contributed by atoms with van der Waals surface area (Å²) >= 11 is 0.566. The molecule has 0 bridgehead atoms. The van der Waals surface area contributed by atoms with Crippen LogP contribution in [0.3, 0.4) is 0 Å². The van der Waals surface area contributed by atoms with Gasteiger partial charge in [0.15, 0.2) is 5.69 Å². The zero-order valence-electron chi connectivity index (χ0n) is 11.2. The Hall–Kier alpha value is -1.89. The van der Waals surface area contributed by atoms with Crippen molar-refractivity contribution in [1.29, 1.82) is 0 Å². The largest absolute Gasteiger partial charge is 0.477 e. The Balaban J connectivity index is 2.58. The smallest absolute Gasteiger partial charge is 0.435 e. The number of rotatable bonds is 3. The summed E-state index contributed by atoms with van der Waals surface area (Å²) < 4.78 is 38.7. The van der Waals surface area contributed by atoms with Crippen molar-refractivity contribution in [2.45, 2.75) is 25.4 Å². The van der Waals surface area contributed by atoms with E-state index in [2.05, 4.69) is 4.98 Å². The van der Waals surface area contributed by atoms with Crippen molar-refractivity contribution in [1.82, 2.24) is 4.98 Å². The van der Waals surface area contributed by atoms with Crippen LogP contribution < -0.4 is 0 Å². The van der Waals surface area contributed by atoms with Gasteiger partial charge in [-0.25, -0.2) is 9.78 Å². The third kappa shape index (κ3) is 2.92. The lowest BCUT2D eigenvalue weighted by atomic mass is 9.85. The van der Waals surface area contributed by atoms with Crippen LogP contribution in [0.4, 0.5) is 13.2 Å². The molecule has 3 nitrogen and oxygen atoms in total. The summed E-state index contributed by atoms with van der Waals surface area (Å²) in [6.45, 7) is 3.43. The second kappa shape index (κ2) is 5.14. The molecule has 0 radical (unpaired) electrons. The van der Waals surface area contributed by atoms with Crippen LogP contribution in [0.1, 0.15) is 39.8 Å². The molecular formula is C14H12F3NO2S. The van der Waals surface area contributed by atoms with Crippen LogP contribution in [0, 0.1) is 0 Å². The Morgan fingerprint density at radius 2 is 1.76 bits per heavy atom. The van der Waals surface area contributed by atoms with Gasteiger partial charge in [-0.05, 0) is 19.4 Å². The maximum Gasteiger partial charge on any atom is 0.435 e. The summed E-state index contributed by atoms with van der Waals surface area (Å²) in [4.78, 5) is 13.8. The average Bonchev–Trinajstić information content (AvgIpc) is 2.85. The molecular weight excluding hydrogens is 303 g/mol. The molecule has 0 aliphatic carbocycles. The summed E-state index contributed by atoms with van der Waals surface area (Å²) in [5.74, 6) is -1.62. The van der Waals surface area contributed by atoms with E-state index in [4.69, 9.17) is 5.11 Å². The number of hydrogen-bond acceptors (Lipinski definition) is 3. The normalized spacial score (nSPS) is 12.4. The molecule has 1 heterocycles. The average molecular weight is 315 g/mol. The van der Waals surface area contributed by atoms with Crippen LogP contribution in [0.15, 0.2) is 30.3 Å². The molecule has 2 rings (SSSR count). The molecule has 0 aliphatic rings. The van der Waals surface area contributed by atoms with Gasteiger partial charge in [0.1, 0.15) is 9.88 Å². The van der Waals surface area contributed by atoms with Gasteiger partial charge in [-0.15, -0.1) is 11.3 Å². The molecule has 1 N–H and O–H groups in total. The zero-order chi connectivity index (χ0) is 15.8. The van der Waals surface area contributed by atoms with Gasteiger partial charge >= 0.3 is 12.1 Å². The van der Waals surface area contributed by atoms with Crippen molar-refractivity contribution >= 4 is 17.3 Å². The molecule has 7 heteroatoms. The van der Waals surface area contributed by atoms with Crippen LogP contribution in [-0.2, 0) is 11.6 Å². The quantitative estimate of drug-likeness (QED) is 0.924. The number of hydrogen-bond donors (Lipinski definition) is 1.